The second kappa shape index (κ2) is 5.27. The van der Waals surface area contributed by atoms with Crippen molar-refractivity contribution in [1.82, 2.24) is 4.90 Å². The van der Waals surface area contributed by atoms with Crippen LogP contribution in [0.4, 0.5) is 0 Å². The molecule has 4 heteroatoms. The van der Waals surface area contributed by atoms with Gasteiger partial charge in [-0.05, 0) is 37.3 Å². The van der Waals surface area contributed by atoms with Crippen LogP contribution in [0.25, 0.3) is 0 Å². The minimum absolute atomic E-state index is 0.177. The predicted molar refractivity (Wildman–Crippen MR) is 76.5 cm³/mol. The van der Waals surface area contributed by atoms with Gasteiger partial charge in [-0.15, -0.1) is 0 Å². The first kappa shape index (κ1) is 14.6. The number of rotatable bonds is 4. The summed E-state index contributed by atoms with van der Waals surface area (Å²) in [6.45, 7) is 5.82. The maximum absolute atomic E-state index is 12.0. The number of amides is 1. The molecule has 0 spiro atoms. The van der Waals surface area contributed by atoms with Crippen molar-refractivity contribution in [2.75, 3.05) is 6.54 Å². The molecule has 1 unspecified atom stereocenters. The molecule has 0 saturated heterocycles. The number of carbonyl (C=O) groups excluding carboxylic acids is 1. The fourth-order valence-electron chi connectivity index (χ4n) is 3.20. The van der Waals surface area contributed by atoms with E-state index < -0.39 is 11.5 Å². The highest BCUT2D eigenvalue weighted by Crippen LogP contribution is 2.42. The highest BCUT2D eigenvalue weighted by molar-refractivity contribution is 5.88. The number of hydrogen-bond acceptors (Lipinski definition) is 2. The molecule has 0 heterocycles. The summed E-state index contributed by atoms with van der Waals surface area (Å²) in [5, 5.41) is 9.85. The van der Waals surface area contributed by atoms with E-state index in [1.165, 1.54) is 11.8 Å². The van der Waals surface area contributed by atoms with Gasteiger partial charge in [-0.2, -0.15) is 0 Å². The van der Waals surface area contributed by atoms with Crippen molar-refractivity contribution in [3.63, 3.8) is 0 Å². The molecule has 0 aliphatic heterocycles. The molecular formula is C16H21NO3. The van der Waals surface area contributed by atoms with Crippen LogP contribution in [-0.4, -0.2) is 28.4 Å². The first-order valence-electron chi connectivity index (χ1n) is 7.05. The summed E-state index contributed by atoms with van der Waals surface area (Å²) in [5.41, 5.74) is 1.66. The summed E-state index contributed by atoms with van der Waals surface area (Å²) >= 11 is 0. The van der Waals surface area contributed by atoms with E-state index in [-0.39, 0.29) is 5.91 Å². The second-order valence-electron chi connectivity index (χ2n) is 5.50. The molecule has 4 nitrogen and oxygen atoms in total. The zero-order valence-corrected chi connectivity index (χ0v) is 12.3. The first-order chi connectivity index (χ1) is 9.43. The Bertz CT molecular complexity index is 553. The Labute approximate surface area is 119 Å². The van der Waals surface area contributed by atoms with Crippen LogP contribution >= 0.6 is 0 Å². The first-order valence-corrected chi connectivity index (χ1v) is 7.05. The lowest BCUT2D eigenvalue weighted by Gasteiger charge is -2.38. The predicted octanol–water partition coefficient (Wildman–Crippen LogP) is 2.48. The van der Waals surface area contributed by atoms with Crippen LogP contribution in [0, 0.1) is 6.92 Å². The van der Waals surface area contributed by atoms with Crippen molar-refractivity contribution in [3.05, 3.63) is 34.9 Å². The number of benzene rings is 1. The zero-order valence-electron chi connectivity index (χ0n) is 12.3. The van der Waals surface area contributed by atoms with E-state index in [0.717, 1.165) is 23.1 Å². The van der Waals surface area contributed by atoms with Gasteiger partial charge in [0.25, 0.3) is 0 Å². The van der Waals surface area contributed by atoms with E-state index in [0.29, 0.717) is 19.4 Å². The van der Waals surface area contributed by atoms with Gasteiger partial charge in [0, 0.05) is 13.5 Å². The quantitative estimate of drug-likeness (QED) is 0.918. The number of hydrogen-bond donors (Lipinski definition) is 1. The van der Waals surface area contributed by atoms with Crippen LogP contribution < -0.4 is 0 Å². The van der Waals surface area contributed by atoms with Gasteiger partial charge >= 0.3 is 5.97 Å². The Morgan fingerprint density at radius 2 is 2.10 bits per heavy atom. The lowest BCUT2D eigenvalue weighted by molar-refractivity contribution is -0.159. The minimum Gasteiger partial charge on any atom is -0.479 e. The van der Waals surface area contributed by atoms with Crippen LogP contribution in [0.5, 0.6) is 0 Å². The average Bonchev–Trinajstić information content (AvgIpc) is 2.75. The van der Waals surface area contributed by atoms with Gasteiger partial charge in [-0.3, -0.25) is 4.79 Å². The molecule has 2 rings (SSSR count). The van der Waals surface area contributed by atoms with E-state index in [9.17, 15) is 14.7 Å². The molecule has 1 N–H and O–H groups in total. The molecule has 0 saturated carbocycles. The van der Waals surface area contributed by atoms with Crippen molar-refractivity contribution in [2.45, 2.75) is 45.6 Å². The van der Waals surface area contributed by atoms with Gasteiger partial charge in [-0.25, -0.2) is 4.79 Å². The van der Waals surface area contributed by atoms with Gasteiger partial charge in [0.2, 0.25) is 5.91 Å². The summed E-state index contributed by atoms with van der Waals surface area (Å²) in [4.78, 5) is 25.5. The molecule has 1 aliphatic carbocycles. The van der Waals surface area contributed by atoms with Crippen molar-refractivity contribution in [1.29, 1.82) is 0 Å². The third kappa shape index (κ3) is 2.09. The van der Waals surface area contributed by atoms with Crippen LogP contribution in [0.1, 0.15) is 43.4 Å². The topological polar surface area (TPSA) is 57.6 Å². The van der Waals surface area contributed by atoms with Crippen LogP contribution in [0.2, 0.25) is 0 Å². The highest BCUT2D eigenvalue weighted by Gasteiger charge is 2.51. The smallest absolute Gasteiger partial charge is 0.334 e. The number of aliphatic carboxylic acids is 1. The molecule has 20 heavy (non-hydrogen) atoms. The second-order valence-corrected chi connectivity index (χ2v) is 5.50. The fraction of sp³-hybridized carbons (Fsp3) is 0.500. The lowest BCUT2D eigenvalue weighted by atomic mass is 9.88. The van der Waals surface area contributed by atoms with Crippen molar-refractivity contribution < 1.29 is 14.7 Å². The van der Waals surface area contributed by atoms with E-state index in [1.54, 1.807) is 0 Å². The molecule has 0 fully saturated rings. The molecule has 1 aromatic carbocycles. The normalized spacial score (nSPS) is 20.6. The summed E-state index contributed by atoms with van der Waals surface area (Å²) < 4.78 is 0. The third-order valence-corrected chi connectivity index (χ3v) is 4.11. The van der Waals surface area contributed by atoms with Gasteiger partial charge < -0.3 is 10.0 Å². The Hall–Kier alpha value is -1.84. The molecule has 0 bridgehead atoms. The number of carboxylic acid groups (broad SMARTS) is 1. The Balaban J connectivity index is 2.62. The molecular weight excluding hydrogens is 254 g/mol. The molecule has 1 aromatic rings. The van der Waals surface area contributed by atoms with E-state index in [1.807, 2.05) is 32.0 Å². The fourth-order valence-corrected chi connectivity index (χ4v) is 3.20. The average molecular weight is 275 g/mol. The van der Waals surface area contributed by atoms with Gasteiger partial charge in [0.1, 0.15) is 0 Å². The van der Waals surface area contributed by atoms with Crippen molar-refractivity contribution in [2.24, 2.45) is 0 Å². The molecule has 1 atom stereocenters. The Morgan fingerprint density at radius 3 is 2.65 bits per heavy atom. The van der Waals surface area contributed by atoms with Crippen LogP contribution in [0.15, 0.2) is 18.2 Å². The molecule has 108 valence electrons. The largest absolute Gasteiger partial charge is 0.479 e. The molecule has 1 amide bonds. The summed E-state index contributed by atoms with van der Waals surface area (Å²) in [6.07, 6.45) is 1.91. The standard InChI is InChI=1S/C16H21NO3/c1-4-9-17(12(3)18)16(15(19)20)8-7-13-6-5-11(2)10-14(13)16/h5-6,10H,4,7-9H2,1-3H3,(H,19,20). The summed E-state index contributed by atoms with van der Waals surface area (Å²) in [5.74, 6) is -1.10. The molecule has 0 aromatic heterocycles. The number of carboxylic acids is 1. The van der Waals surface area contributed by atoms with Crippen LogP contribution in [-0.2, 0) is 21.5 Å². The van der Waals surface area contributed by atoms with Gasteiger partial charge in [-0.1, -0.05) is 30.7 Å². The minimum atomic E-state index is -1.19. The highest BCUT2D eigenvalue weighted by atomic mass is 16.4. The maximum Gasteiger partial charge on any atom is 0.334 e. The van der Waals surface area contributed by atoms with Gasteiger partial charge in [0.05, 0.1) is 0 Å². The van der Waals surface area contributed by atoms with Crippen molar-refractivity contribution in [3.8, 4) is 0 Å². The molecule has 0 radical (unpaired) electrons. The van der Waals surface area contributed by atoms with E-state index in [2.05, 4.69) is 0 Å². The maximum atomic E-state index is 12.0. The number of fused-ring (bicyclic) bond motifs is 1. The summed E-state index contributed by atoms with van der Waals surface area (Å²) in [6, 6.07) is 5.90. The lowest BCUT2D eigenvalue weighted by Crippen LogP contribution is -2.53. The Morgan fingerprint density at radius 1 is 1.40 bits per heavy atom. The van der Waals surface area contributed by atoms with Gasteiger partial charge in [0.15, 0.2) is 5.54 Å². The molecule has 1 aliphatic rings. The zero-order chi connectivity index (χ0) is 14.9. The summed E-state index contributed by atoms with van der Waals surface area (Å²) in [7, 11) is 0. The third-order valence-electron chi connectivity index (χ3n) is 4.11. The Kier molecular flexibility index (Phi) is 3.84. The number of aryl methyl sites for hydroxylation is 2. The number of nitrogens with zero attached hydrogens (tertiary/aromatic N) is 1. The SMILES string of the molecule is CCCN(C(C)=O)C1(C(=O)O)CCc2ccc(C)cc21. The number of carbonyl (C=O) groups is 2. The monoisotopic (exact) mass is 275 g/mol. The van der Waals surface area contributed by atoms with E-state index >= 15 is 0 Å². The van der Waals surface area contributed by atoms with Crippen LogP contribution in [0.3, 0.4) is 0 Å². The van der Waals surface area contributed by atoms with Crippen molar-refractivity contribution >= 4 is 11.9 Å². The van der Waals surface area contributed by atoms with E-state index in [4.69, 9.17) is 0 Å².